The second-order valence-corrected chi connectivity index (χ2v) is 23.5. The summed E-state index contributed by atoms with van der Waals surface area (Å²) in [5.41, 5.74) is 7.37. The third-order valence-electron chi connectivity index (χ3n) is 8.69. The molecule has 1 aromatic heterocycles. The molecule has 0 saturated carbocycles. The van der Waals surface area contributed by atoms with Crippen LogP contribution >= 0.6 is 0 Å². The summed E-state index contributed by atoms with van der Waals surface area (Å²) in [6.45, 7) is 26.9. The number of aliphatic hydroxyl groups excluding tert-OH is 1. The number of hydrogen-bond acceptors (Lipinski definition) is 7. The van der Waals surface area contributed by atoms with Crippen LogP contribution in [0.3, 0.4) is 0 Å². The molecule has 10 heteroatoms. The molecule has 0 aliphatic carbocycles. The monoisotopic (exact) mass is 555 g/mol. The van der Waals surface area contributed by atoms with Crippen LogP contribution in [-0.4, -0.2) is 56.2 Å². The molecular formula is C27H53N3O5Si2. The number of nitrogen functional groups attached to an aromatic ring is 1. The van der Waals surface area contributed by atoms with Crippen LogP contribution in [0.25, 0.3) is 0 Å². The topological polar surface area (TPSA) is 109 Å². The normalized spacial score (nSPS) is 23.5. The highest BCUT2D eigenvalue weighted by molar-refractivity contribution is 6.78. The fraction of sp³-hybridized carbons (Fsp3) is 0.852. The summed E-state index contributed by atoms with van der Waals surface area (Å²) < 4.78 is 21.7. The van der Waals surface area contributed by atoms with Gasteiger partial charge in [0.25, 0.3) is 0 Å². The minimum atomic E-state index is -2.41. The smallest absolute Gasteiger partial charge is 0.351 e. The van der Waals surface area contributed by atoms with E-state index >= 15 is 0 Å². The fourth-order valence-electron chi connectivity index (χ4n) is 7.20. The van der Waals surface area contributed by atoms with Gasteiger partial charge in [0, 0.05) is 6.20 Å². The maximum atomic E-state index is 12.9. The van der Waals surface area contributed by atoms with E-state index in [2.05, 4.69) is 88.1 Å². The predicted molar refractivity (Wildman–Crippen MR) is 156 cm³/mol. The van der Waals surface area contributed by atoms with E-state index in [1.807, 2.05) is 0 Å². The number of nitrogens with zero attached hydrogens (tertiary/aromatic N) is 2. The molecule has 1 aromatic rings. The van der Waals surface area contributed by atoms with Gasteiger partial charge >= 0.3 is 5.69 Å². The highest BCUT2D eigenvalue weighted by Gasteiger charge is 2.55. The maximum Gasteiger partial charge on any atom is 0.351 e. The Bertz CT molecular complexity index is 891. The van der Waals surface area contributed by atoms with Gasteiger partial charge in [-0.05, 0) is 39.3 Å². The molecule has 8 nitrogen and oxygen atoms in total. The lowest BCUT2D eigenvalue weighted by molar-refractivity contribution is -0.0521. The SMILES string of the molecule is CC(C)[Si](OC[C@H]1O[C@@H](n2ccc(N)nc2=O)[C@H](O[Si](C(C)C)(C(C)C)C(C)C)[C@@H]1O)(C(C)C)C(C)C. The Balaban J connectivity index is 2.53. The summed E-state index contributed by atoms with van der Waals surface area (Å²) in [7, 11) is -4.60. The Kier molecular flexibility index (Phi) is 10.8. The van der Waals surface area contributed by atoms with Gasteiger partial charge in [-0.15, -0.1) is 0 Å². The van der Waals surface area contributed by atoms with Crippen LogP contribution in [0.15, 0.2) is 17.1 Å². The number of anilines is 1. The molecule has 2 rings (SSSR count). The van der Waals surface area contributed by atoms with Gasteiger partial charge in [-0.25, -0.2) is 4.79 Å². The van der Waals surface area contributed by atoms with Crippen LogP contribution in [0.4, 0.5) is 5.82 Å². The molecule has 0 unspecified atom stereocenters. The van der Waals surface area contributed by atoms with Gasteiger partial charge < -0.3 is 24.4 Å². The second-order valence-electron chi connectivity index (χ2n) is 12.6. The lowest BCUT2D eigenvalue weighted by Gasteiger charge is -2.45. The van der Waals surface area contributed by atoms with Gasteiger partial charge in [0.05, 0.1) is 6.61 Å². The first-order valence-corrected chi connectivity index (χ1v) is 18.3. The van der Waals surface area contributed by atoms with Crippen molar-refractivity contribution in [1.82, 2.24) is 9.55 Å². The lowest BCUT2D eigenvalue weighted by Crippen LogP contribution is -2.54. The summed E-state index contributed by atoms with van der Waals surface area (Å²) in [5, 5.41) is 11.7. The Morgan fingerprint density at radius 1 is 0.919 bits per heavy atom. The molecule has 0 amide bonds. The summed E-state index contributed by atoms with van der Waals surface area (Å²) in [4.78, 5) is 16.8. The summed E-state index contributed by atoms with van der Waals surface area (Å²) in [5.74, 6) is 0.147. The fourth-order valence-corrected chi connectivity index (χ4v) is 18.2. The van der Waals surface area contributed by atoms with E-state index in [0.29, 0.717) is 33.2 Å². The Morgan fingerprint density at radius 3 is 1.78 bits per heavy atom. The van der Waals surface area contributed by atoms with Crippen molar-refractivity contribution in [1.29, 1.82) is 0 Å². The van der Waals surface area contributed by atoms with Gasteiger partial charge in [0.2, 0.25) is 8.32 Å². The largest absolute Gasteiger partial charge is 0.413 e. The molecular weight excluding hydrogens is 502 g/mol. The third kappa shape index (κ3) is 6.09. The Morgan fingerprint density at radius 2 is 1.38 bits per heavy atom. The number of ether oxygens (including phenoxy) is 1. The van der Waals surface area contributed by atoms with Crippen molar-refractivity contribution in [2.75, 3.05) is 12.3 Å². The molecule has 0 spiro atoms. The van der Waals surface area contributed by atoms with E-state index in [1.165, 1.54) is 4.57 Å². The summed E-state index contributed by atoms with van der Waals surface area (Å²) in [6.07, 6.45) is -1.53. The number of aliphatic hydroxyl groups is 1. The first-order valence-electron chi connectivity index (χ1n) is 14.0. The number of nitrogens with two attached hydrogens (primary N) is 1. The Labute approximate surface area is 226 Å². The zero-order chi connectivity index (χ0) is 28.5. The maximum absolute atomic E-state index is 12.9. The van der Waals surface area contributed by atoms with Crippen LogP contribution < -0.4 is 11.4 Å². The van der Waals surface area contributed by atoms with Crippen molar-refractivity contribution in [3.63, 3.8) is 0 Å². The van der Waals surface area contributed by atoms with Gasteiger partial charge in [-0.1, -0.05) is 83.1 Å². The van der Waals surface area contributed by atoms with Gasteiger partial charge in [0.1, 0.15) is 24.1 Å². The van der Waals surface area contributed by atoms with Crippen LogP contribution in [0.5, 0.6) is 0 Å². The standard InChI is InChI=1S/C27H53N3O5Si2/c1-16(2)36(17(3)4,18(5)6)33-15-22-24(31)25(35-37(19(7)8,20(9)10)21(11)12)26(34-22)30-14-13-23(28)29-27(30)32/h13-14,16-22,24-26,31H,15H2,1-12H3,(H2,28,29,32)/t22-,24-,25-,26-/m1/s1. The molecule has 1 aliphatic heterocycles. The number of rotatable bonds is 12. The lowest BCUT2D eigenvalue weighted by atomic mass is 10.1. The molecule has 3 N–H and O–H groups in total. The van der Waals surface area contributed by atoms with Crippen molar-refractivity contribution < 1.29 is 18.7 Å². The van der Waals surface area contributed by atoms with E-state index in [4.69, 9.17) is 19.3 Å². The van der Waals surface area contributed by atoms with Crippen LogP contribution in [0.2, 0.25) is 33.2 Å². The molecule has 0 radical (unpaired) electrons. The van der Waals surface area contributed by atoms with Gasteiger partial charge in [-0.2, -0.15) is 4.98 Å². The molecule has 4 atom stereocenters. The molecule has 2 heterocycles. The van der Waals surface area contributed by atoms with Crippen molar-refractivity contribution in [2.24, 2.45) is 0 Å². The van der Waals surface area contributed by atoms with Crippen molar-refractivity contribution in [3.8, 4) is 0 Å². The number of aromatic nitrogens is 2. The van der Waals surface area contributed by atoms with Crippen molar-refractivity contribution >= 4 is 22.5 Å². The highest BCUT2D eigenvalue weighted by Crippen LogP contribution is 2.47. The van der Waals surface area contributed by atoms with Gasteiger partial charge in [0.15, 0.2) is 14.5 Å². The zero-order valence-corrected chi connectivity index (χ0v) is 27.2. The molecule has 1 aliphatic rings. The minimum absolute atomic E-state index is 0.147. The van der Waals surface area contributed by atoms with E-state index in [0.717, 1.165) is 0 Å². The van der Waals surface area contributed by atoms with Crippen LogP contribution in [-0.2, 0) is 13.6 Å². The highest BCUT2D eigenvalue weighted by atomic mass is 28.4. The van der Waals surface area contributed by atoms with E-state index in [-0.39, 0.29) is 12.4 Å². The second kappa shape index (κ2) is 12.4. The van der Waals surface area contributed by atoms with Crippen LogP contribution in [0, 0.1) is 0 Å². The van der Waals surface area contributed by atoms with Crippen LogP contribution in [0.1, 0.15) is 89.3 Å². The van der Waals surface area contributed by atoms with Crippen molar-refractivity contribution in [2.45, 2.75) is 141 Å². The van der Waals surface area contributed by atoms with E-state index in [1.54, 1.807) is 12.3 Å². The molecule has 0 bridgehead atoms. The quantitative estimate of drug-likeness (QED) is 0.312. The third-order valence-corrected chi connectivity index (χ3v) is 20.9. The van der Waals surface area contributed by atoms with E-state index < -0.39 is 46.9 Å². The predicted octanol–water partition coefficient (Wildman–Crippen LogP) is 5.84. The zero-order valence-electron chi connectivity index (χ0n) is 25.2. The average molecular weight is 556 g/mol. The van der Waals surface area contributed by atoms with E-state index in [9.17, 15) is 9.90 Å². The molecule has 214 valence electrons. The number of hydrogen-bond donors (Lipinski definition) is 2. The first-order chi connectivity index (χ1) is 17.0. The van der Waals surface area contributed by atoms with Crippen molar-refractivity contribution in [3.05, 3.63) is 22.7 Å². The molecule has 1 fully saturated rings. The van der Waals surface area contributed by atoms with Gasteiger partial charge in [-0.3, -0.25) is 4.57 Å². The first kappa shape index (κ1) is 32.2. The Hall–Kier alpha value is -1.05. The average Bonchev–Trinajstić information content (AvgIpc) is 3.05. The molecule has 1 saturated heterocycles. The molecule has 37 heavy (non-hydrogen) atoms. The minimum Gasteiger partial charge on any atom is -0.413 e. The summed E-state index contributed by atoms with van der Waals surface area (Å²) in [6, 6.07) is 1.57. The summed E-state index contributed by atoms with van der Waals surface area (Å²) >= 11 is 0. The molecule has 0 aromatic carbocycles.